The molecule has 26 heavy (non-hydrogen) atoms. The predicted octanol–water partition coefficient (Wildman–Crippen LogP) is 2.24. The fourth-order valence-electron chi connectivity index (χ4n) is 4.07. The Morgan fingerprint density at radius 2 is 1.88 bits per heavy atom. The monoisotopic (exact) mass is 347 g/mol. The number of allylic oxidation sites excluding steroid dienone is 1. The lowest BCUT2D eigenvalue weighted by atomic mass is 9.74. The third kappa shape index (κ3) is 2.15. The third-order valence-corrected chi connectivity index (χ3v) is 5.31. The second-order valence-corrected chi connectivity index (χ2v) is 7.32. The number of fused-ring (bicyclic) bond motifs is 3. The van der Waals surface area contributed by atoms with Crippen molar-refractivity contribution in [3.63, 3.8) is 0 Å². The first-order valence-corrected chi connectivity index (χ1v) is 8.81. The molecule has 0 saturated carbocycles. The lowest BCUT2D eigenvalue weighted by Crippen LogP contribution is -2.37. The molecule has 0 amide bonds. The Bertz CT molecular complexity index is 1260. The van der Waals surface area contributed by atoms with Crippen LogP contribution in [-0.4, -0.2) is 12.1 Å². The molecule has 2 aromatic carbocycles. The highest BCUT2D eigenvalue weighted by atomic mass is 16.5. The van der Waals surface area contributed by atoms with E-state index in [1.54, 1.807) is 0 Å². The summed E-state index contributed by atoms with van der Waals surface area (Å²) in [6, 6.07) is 8.24. The molecule has 1 aromatic heterocycles. The van der Waals surface area contributed by atoms with E-state index in [0.717, 1.165) is 22.9 Å². The van der Waals surface area contributed by atoms with Gasteiger partial charge in [0.05, 0.1) is 12.7 Å². The molecule has 132 valence electrons. The van der Waals surface area contributed by atoms with Crippen LogP contribution in [0, 0.1) is 5.41 Å². The van der Waals surface area contributed by atoms with Gasteiger partial charge < -0.3 is 9.72 Å². The summed E-state index contributed by atoms with van der Waals surface area (Å²) in [7, 11) is 1.43. The normalized spacial score (nSPS) is 17.5. The van der Waals surface area contributed by atoms with Gasteiger partial charge in [-0.3, -0.25) is 9.59 Å². The fourth-order valence-corrected chi connectivity index (χ4v) is 4.07. The molecule has 0 saturated heterocycles. The molecule has 0 unspecified atom stereocenters. The maximum Gasteiger partial charge on any atom is 0.268 e. The zero-order valence-corrected chi connectivity index (χ0v) is 15.4. The van der Waals surface area contributed by atoms with Crippen molar-refractivity contribution in [1.82, 2.24) is 4.98 Å². The van der Waals surface area contributed by atoms with Gasteiger partial charge in [0.25, 0.3) is 5.43 Å². The van der Waals surface area contributed by atoms with E-state index in [1.165, 1.54) is 23.3 Å². The lowest BCUT2D eigenvalue weighted by molar-refractivity contribution is 0.404. The van der Waals surface area contributed by atoms with Crippen molar-refractivity contribution in [2.75, 3.05) is 7.11 Å². The SMILES string of the molecule is CCC1=c2c([nH]c3ccccc23)=CC(C)(C)C1=Cc1c(OC)c(=O)c1=O. The minimum Gasteiger partial charge on any atom is -0.492 e. The fraction of sp³-hybridized carbons (Fsp3) is 0.273. The van der Waals surface area contributed by atoms with E-state index < -0.39 is 10.9 Å². The van der Waals surface area contributed by atoms with E-state index in [4.69, 9.17) is 4.74 Å². The molecule has 1 aliphatic carbocycles. The lowest BCUT2D eigenvalue weighted by Gasteiger charge is -2.29. The van der Waals surface area contributed by atoms with Crippen LogP contribution < -0.4 is 26.2 Å². The number of methoxy groups -OCH3 is 1. The van der Waals surface area contributed by atoms with Gasteiger partial charge in [-0.25, -0.2) is 0 Å². The second kappa shape index (κ2) is 5.56. The summed E-state index contributed by atoms with van der Waals surface area (Å²) in [5, 5.41) is 3.47. The second-order valence-electron chi connectivity index (χ2n) is 7.32. The maximum absolute atomic E-state index is 12.1. The van der Waals surface area contributed by atoms with Crippen LogP contribution in [0.25, 0.3) is 28.6 Å². The van der Waals surface area contributed by atoms with Gasteiger partial charge in [0, 0.05) is 26.9 Å². The summed E-state index contributed by atoms with van der Waals surface area (Å²) in [6.07, 6.45) is 4.88. The van der Waals surface area contributed by atoms with Gasteiger partial charge in [-0.15, -0.1) is 0 Å². The molecule has 1 N–H and O–H groups in total. The van der Waals surface area contributed by atoms with Crippen LogP contribution in [0.15, 0.2) is 39.4 Å². The van der Waals surface area contributed by atoms with Crippen LogP contribution in [0.5, 0.6) is 5.75 Å². The van der Waals surface area contributed by atoms with Crippen LogP contribution in [0.4, 0.5) is 0 Å². The quantitative estimate of drug-likeness (QED) is 0.739. The average molecular weight is 347 g/mol. The van der Waals surface area contributed by atoms with Gasteiger partial charge in [0.15, 0.2) is 5.75 Å². The molecule has 4 heteroatoms. The van der Waals surface area contributed by atoms with Gasteiger partial charge in [0.2, 0.25) is 5.43 Å². The number of rotatable bonds is 3. The first-order chi connectivity index (χ1) is 12.4. The van der Waals surface area contributed by atoms with Crippen LogP contribution in [0.2, 0.25) is 0 Å². The van der Waals surface area contributed by atoms with Crippen molar-refractivity contribution in [1.29, 1.82) is 0 Å². The van der Waals surface area contributed by atoms with Gasteiger partial charge in [-0.2, -0.15) is 0 Å². The first-order valence-electron chi connectivity index (χ1n) is 8.81. The topological polar surface area (TPSA) is 59.2 Å². The van der Waals surface area contributed by atoms with Crippen LogP contribution in [0.1, 0.15) is 32.8 Å². The number of aromatic nitrogens is 1. The molecular formula is C22H21NO3. The Hall–Kier alpha value is -2.88. The molecule has 1 aliphatic rings. The van der Waals surface area contributed by atoms with Crippen molar-refractivity contribution < 1.29 is 4.74 Å². The van der Waals surface area contributed by atoms with E-state index in [2.05, 4.69) is 44.0 Å². The standard InChI is InChI=1S/C22H21NO3/c1-5-12-15(10-14-19(24)20(25)21(14)26-4)22(2,3)11-17-18(12)13-8-6-7-9-16(13)23-17/h6-11,23H,5H2,1-4H3. The van der Waals surface area contributed by atoms with Crippen molar-refractivity contribution in [3.8, 4) is 5.75 Å². The van der Waals surface area contributed by atoms with E-state index in [-0.39, 0.29) is 11.2 Å². The highest BCUT2D eigenvalue weighted by Gasteiger charge is 2.30. The number of para-hydroxylation sites is 1. The summed E-state index contributed by atoms with van der Waals surface area (Å²) in [5.74, 6) is 0.165. The summed E-state index contributed by atoms with van der Waals surface area (Å²) in [4.78, 5) is 27.3. The maximum atomic E-state index is 12.1. The molecule has 0 radical (unpaired) electrons. The highest BCUT2D eigenvalue weighted by Crippen LogP contribution is 2.39. The Balaban J connectivity index is 2.10. The first kappa shape index (κ1) is 16.6. The number of aromatic amines is 1. The Labute approximate surface area is 150 Å². The molecule has 1 heterocycles. The average Bonchev–Trinajstić information content (AvgIpc) is 2.97. The largest absolute Gasteiger partial charge is 0.492 e. The Kier molecular flexibility index (Phi) is 3.55. The van der Waals surface area contributed by atoms with Gasteiger partial charge in [-0.05, 0) is 29.7 Å². The van der Waals surface area contributed by atoms with E-state index in [9.17, 15) is 9.59 Å². The van der Waals surface area contributed by atoms with Gasteiger partial charge in [-0.1, -0.05) is 45.0 Å². The summed E-state index contributed by atoms with van der Waals surface area (Å²) < 4.78 is 5.12. The highest BCUT2D eigenvalue weighted by molar-refractivity contribution is 5.90. The molecule has 4 nitrogen and oxygen atoms in total. The zero-order valence-electron chi connectivity index (χ0n) is 15.4. The van der Waals surface area contributed by atoms with Crippen molar-refractivity contribution in [2.24, 2.45) is 5.41 Å². The minimum atomic E-state index is -0.539. The zero-order chi connectivity index (χ0) is 18.6. The molecule has 0 aliphatic heterocycles. The van der Waals surface area contributed by atoms with E-state index >= 15 is 0 Å². The van der Waals surface area contributed by atoms with Gasteiger partial charge in [0.1, 0.15) is 0 Å². The number of benzene rings is 1. The summed E-state index contributed by atoms with van der Waals surface area (Å²) in [5.41, 5.74) is 2.45. The van der Waals surface area contributed by atoms with E-state index in [0.29, 0.717) is 5.56 Å². The molecular weight excluding hydrogens is 326 g/mol. The van der Waals surface area contributed by atoms with Crippen molar-refractivity contribution in [3.05, 3.63) is 66.4 Å². The number of hydrogen-bond donors (Lipinski definition) is 1. The molecule has 0 bridgehead atoms. The Morgan fingerprint density at radius 3 is 2.58 bits per heavy atom. The van der Waals surface area contributed by atoms with Gasteiger partial charge >= 0.3 is 0 Å². The van der Waals surface area contributed by atoms with E-state index in [1.807, 2.05) is 18.2 Å². The number of hydrogen-bond acceptors (Lipinski definition) is 3. The van der Waals surface area contributed by atoms with Crippen molar-refractivity contribution >= 4 is 28.6 Å². The minimum absolute atomic E-state index is 0.165. The van der Waals surface area contributed by atoms with Crippen LogP contribution >= 0.6 is 0 Å². The number of H-pyrrole nitrogens is 1. The third-order valence-electron chi connectivity index (χ3n) is 5.31. The number of ether oxygens (including phenoxy) is 1. The molecule has 0 atom stereocenters. The molecule has 3 aromatic rings. The van der Waals surface area contributed by atoms with Crippen molar-refractivity contribution in [2.45, 2.75) is 27.2 Å². The summed E-state index contributed by atoms with van der Waals surface area (Å²) in [6.45, 7) is 6.37. The Morgan fingerprint density at radius 1 is 1.15 bits per heavy atom. The number of nitrogens with one attached hydrogen (secondary N) is 1. The molecule has 0 fully saturated rings. The molecule has 4 rings (SSSR count). The van der Waals surface area contributed by atoms with Crippen LogP contribution in [0.3, 0.4) is 0 Å². The molecule has 0 spiro atoms. The van der Waals surface area contributed by atoms with Crippen LogP contribution in [-0.2, 0) is 0 Å². The summed E-state index contributed by atoms with van der Waals surface area (Å²) >= 11 is 0. The smallest absolute Gasteiger partial charge is 0.268 e. The predicted molar refractivity (Wildman–Crippen MR) is 105 cm³/mol.